The summed E-state index contributed by atoms with van der Waals surface area (Å²) < 4.78 is 38.8. The minimum absolute atomic E-state index is 0.0455. The van der Waals surface area contributed by atoms with E-state index >= 15 is 0 Å². The fraction of sp³-hybridized carbons (Fsp3) is 0.304. The average Bonchev–Trinajstić information content (AvgIpc) is 3.37. The van der Waals surface area contributed by atoms with E-state index in [0.29, 0.717) is 35.9 Å². The molecule has 3 aromatic rings. The Morgan fingerprint density at radius 1 is 1.22 bits per heavy atom. The minimum atomic E-state index is -3.84. The van der Waals surface area contributed by atoms with Crippen molar-refractivity contribution in [2.45, 2.75) is 31.7 Å². The summed E-state index contributed by atoms with van der Waals surface area (Å²) in [5.74, 6) is 0.584. The summed E-state index contributed by atoms with van der Waals surface area (Å²) in [6.45, 7) is 4.24. The predicted octanol–water partition coefficient (Wildman–Crippen LogP) is 3.32. The second kappa shape index (κ2) is 8.31. The zero-order chi connectivity index (χ0) is 23.0. The summed E-state index contributed by atoms with van der Waals surface area (Å²) in [4.78, 5) is 14.8. The van der Waals surface area contributed by atoms with Crippen LogP contribution in [0.2, 0.25) is 0 Å². The molecule has 1 aliphatic heterocycles. The van der Waals surface area contributed by atoms with Crippen LogP contribution in [-0.4, -0.2) is 45.1 Å². The van der Waals surface area contributed by atoms with Crippen LogP contribution in [0.5, 0.6) is 5.75 Å². The first-order valence-electron chi connectivity index (χ1n) is 10.2. The van der Waals surface area contributed by atoms with E-state index in [9.17, 15) is 13.2 Å². The number of aryl methyl sites for hydroxylation is 2. The van der Waals surface area contributed by atoms with Gasteiger partial charge in [-0.2, -0.15) is 0 Å². The molecule has 1 amide bonds. The van der Waals surface area contributed by atoms with Crippen LogP contribution in [0, 0.1) is 13.8 Å². The van der Waals surface area contributed by atoms with Gasteiger partial charge in [0.25, 0.3) is 15.9 Å². The molecule has 0 fully saturated rings. The summed E-state index contributed by atoms with van der Waals surface area (Å²) in [5, 5.41) is 3.92. The van der Waals surface area contributed by atoms with E-state index in [2.05, 4.69) is 5.16 Å². The number of ether oxygens (including phenoxy) is 1. The third kappa shape index (κ3) is 3.73. The predicted molar refractivity (Wildman–Crippen MR) is 119 cm³/mol. The zero-order valence-electron chi connectivity index (χ0n) is 18.5. The number of hydrogen-bond acceptors (Lipinski definition) is 6. The number of aromatic nitrogens is 1. The molecule has 1 aromatic heterocycles. The first kappa shape index (κ1) is 21.9. The topological polar surface area (TPSA) is 93.0 Å². The Morgan fingerprint density at radius 3 is 2.66 bits per heavy atom. The smallest absolute Gasteiger partial charge is 0.264 e. The van der Waals surface area contributed by atoms with Gasteiger partial charge < -0.3 is 14.2 Å². The van der Waals surface area contributed by atoms with E-state index in [1.807, 2.05) is 25.1 Å². The number of para-hydroxylation sites is 1. The van der Waals surface area contributed by atoms with E-state index in [0.717, 1.165) is 11.1 Å². The fourth-order valence-corrected chi connectivity index (χ4v) is 5.47. The molecule has 9 heteroatoms. The number of hydrogen-bond donors (Lipinski definition) is 0. The fourth-order valence-electron chi connectivity index (χ4n) is 3.94. The highest BCUT2D eigenvalue weighted by Crippen LogP contribution is 2.34. The summed E-state index contributed by atoms with van der Waals surface area (Å²) in [5.41, 5.74) is 3.36. The van der Waals surface area contributed by atoms with Crippen molar-refractivity contribution in [3.8, 4) is 5.75 Å². The first-order valence-corrected chi connectivity index (χ1v) is 11.6. The van der Waals surface area contributed by atoms with Crippen LogP contribution >= 0.6 is 0 Å². The molecule has 0 saturated carbocycles. The Labute approximate surface area is 187 Å². The van der Waals surface area contributed by atoms with Gasteiger partial charge >= 0.3 is 0 Å². The number of methoxy groups -OCH3 is 1. The highest BCUT2D eigenvalue weighted by molar-refractivity contribution is 7.92. The molecule has 168 valence electrons. The molecule has 0 saturated heterocycles. The van der Waals surface area contributed by atoms with Gasteiger partial charge in [-0.15, -0.1) is 0 Å². The number of sulfonamides is 1. The van der Waals surface area contributed by atoms with Crippen molar-refractivity contribution >= 4 is 21.6 Å². The maximum absolute atomic E-state index is 13.4. The molecule has 0 unspecified atom stereocenters. The van der Waals surface area contributed by atoms with Gasteiger partial charge in [-0.1, -0.05) is 23.4 Å². The van der Waals surface area contributed by atoms with Gasteiger partial charge in [0.2, 0.25) is 0 Å². The summed E-state index contributed by atoms with van der Waals surface area (Å²) in [7, 11) is -0.746. The van der Waals surface area contributed by atoms with E-state index in [1.165, 1.54) is 34.5 Å². The Kier molecular flexibility index (Phi) is 5.68. The second-order valence-electron chi connectivity index (χ2n) is 7.78. The molecule has 4 rings (SSSR count). The molecule has 0 N–H and O–H groups in total. The maximum atomic E-state index is 13.4. The average molecular weight is 456 g/mol. The number of benzene rings is 2. The van der Waals surface area contributed by atoms with E-state index in [-0.39, 0.29) is 22.9 Å². The molecule has 0 bridgehead atoms. The number of carbonyl (C=O) groups excluding carboxylic acids is 1. The van der Waals surface area contributed by atoms with Crippen LogP contribution in [0.3, 0.4) is 0 Å². The molecule has 0 spiro atoms. The number of carbonyl (C=O) groups is 1. The SMILES string of the molecule is COc1ccc(S(=O)(=O)N2CCc3ccccc32)cc1C(=O)N(C)Cc1c(C)noc1C. The third-order valence-corrected chi connectivity index (χ3v) is 7.57. The molecule has 0 atom stereocenters. The van der Waals surface area contributed by atoms with Crippen LogP contribution in [0.4, 0.5) is 5.69 Å². The molecule has 0 aliphatic carbocycles. The van der Waals surface area contributed by atoms with Gasteiger partial charge in [0.05, 0.1) is 35.5 Å². The lowest BCUT2D eigenvalue weighted by Crippen LogP contribution is -2.30. The second-order valence-corrected chi connectivity index (χ2v) is 9.64. The van der Waals surface area contributed by atoms with Crippen molar-refractivity contribution in [2.24, 2.45) is 0 Å². The molecule has 1 aliphatic rings. The van der Waals surface area contributed by atoms with Crippen LogP contribution in [0.15, 0.2) is 51.9 Å². The van der Waals surface area contributed by atoms with Crippen LogP contribution < -0.4 is 9.04 Å². The molecule has 2 aromatic carbocycles. The lowest BCUT2D eigenvalue weighted by molar-refractivity contribution is 0.0781. The quantitative estimate of drug-likeness (QED) is 0.566. The molecule has 8 nitrogen and oxygen atoms in total. The lowest BCUT2D eigenvalue weighted by atomic mass is 10.1. The van der Waals surface area contributed by atoms with Gasteiger partial charge in [-0.25, -0.2) is 8.42 Å². The van der Waals surface area contributed by atoms with Gasteiger partial charge in [-0.05, 0) is 50.1 Å². The molecule has 2 heterocycles. The van der Waals surface area contributed by atoms with Crippen molar-refractivity contribution in [2.75, 3.05) is 25.0 Å². The molecular formula is C23H25N3O5S. The number of amides is 1. The first-order chi connectivity index (χ1) is 15.2. The third-order valence-electron chi connectivity index (χ3n) is 5.76. The highest BCUT2D eigenvalue weighted by Gasteiger charge is 2.32. The van der Waals surface area contributed by atoms with E-state index < -0.39 is 10.0 Å². The van der Waals surface area contributed by atoms with E-state index in [4.69, 9.17) is 9.26 Å². The van der Waals surface area contributed by atoms with Gasteiger partial charge in [0.15, 0.2) is 0 Å². The Hall–Kier alpha value is -3.33. The molecule has 32 heavy (non-hydrogen) atoms. The maximum Gasteiger partial charge on any atom is 0.264 e. The number of fused-ring (bicyclic) bond motifs is 1. The van der Waals surface area contributed by atoms with Gasteiger partial charge in [0.1, 0.15) is 11.5 Å². The van der Waals surface area contributed by atoms with Crippen molar-refractivity contribution in [3.05, 3.63) is 70.6 Å². The van der Waals surface area contributed by atoms with Crippen molar-refractivity contribution in [1.29, 1.82) is 0 Å². The molecule has 0 radical (unpaired) electrons. The monoisotopic (exact) mass is 455 g/mol. The standard InChI is InChI=1S/C23H25N3O5S/c1-15-20(16(2)31-24-15)14-25(3)23(27)19-13-18(9-10-22(19)30-4)32(28,29)26-12-11-17-7-5-6-8-21(17)26/h5-10,13H,11-12,14H2,1-4H3. The van der Waals surface area contributed by atoms with Crippen molar-refractivity contribution in [1.82, 2.24) is 10.1 Å². The number of rotatable bonds is 6. The number of anilines is 1. The minimum Gasteiger partial charge on any atom is -0.496 e. The Bertz CT molecular complexity index is 1260. The lowest BCUT2D eigenvalue weighted by Gasteiger charge is -2.22. The zero-order valence-corrected chi connectivity index (χ0v) is 19.3. The summed E-state index contributed by atoms with van der Waals surface area (Å²) in [6.07, 6.45) is 0.650. The van der Waals surface area contributed by atoms with Crippen molar-refractivity contribution in [3.63, 3.8) is 0 Å². The largest absolute Gasteiger partial charge is 0.496 e. The van der Waals surface area contributed by atoms with Gasteiger partial charge in [0, 0.05) is 19.2 Å². The van der Waals surface area contributed by atoms with E-state index in [1.54, 1.807) is 20.0 Å². The Balaban J connectivity index is 1.68. The van der Waals surface area contributed by atoms with Crippen LogP contribution in [0.25, 0.3) is 0 Å². The Morgan fingerprint density at radius 2 is 1.97 bits per heavy atom. The summed E-state index contributed by atoms with van der Waals surface area (Å²) in [6, 6.07) is 11.8. The number of nitrogens with zero attached hydrogens (tertiary/aromatic N) is 3. The van der Waals surface area contributed by atoms with Crippen molar-refractivity contribution < 1.29 is 22.5 Å². The summed E-state index contributed by atoms with van der Waals surface area (Å²) >= 11 is 0. The van der Waals surface area contributed by atoms with Crippen LogP contribution in [-0.2, 0) is 23.0 Å². The normalized spacial score (nSPS) is 13.2. The highest BCUT2D eigenvalue weighted by atomic mass is 32.2. The molecular weight excluding hydrogens is 430 g/mol. The van der Waals surface area contributed by atoms with Gasteiger partial charge in [-0.3, -0.25) is 9.10 Å². The van der Waals surface area contributed by atoms with Crippen LogP contribution in [0.1, 0.15) is 32.9 Å².